The highest BCUT2D eigenvalue weighted by molar-refractivity contribution is 7.89. The molecule has 1 unspecified atom stereocenters. The zero-order valence-corrected chi connectivity index (χ0v) is 24.1. The highest BCUT2D eigenvalue weighted by atomic mass is 32.2. The second-order valence-electron chi connectivity index (χ2n) is 10.4. The predicted octanol–water partition coefficient (Wildman–Crippen LogP) is 4.19. The van der Waals surface area contributed by atoms with Crippen molar-refractivity contribution in [2.75, 3.05) is 26.2 Å². The number of nitrogens with zero attached hydrogens (tertiary/aromatic N) is 4. The van der Waals surface area contributed by atoms with E-state index in [9.17, 15) is 23.3 Å². The van der Waals surface area contributed by atoms with Crippen molar-refractivity contribution >= 4 is 21.6 Å². The van der Waals surface area contributed by atoms with E-state index >= 15 is 0 Å². The first-order valence-electron chi connectivity index (χ1n) is 13.6. The van der Waals surface area contributed by atoms with Gasteiger partial charge in [-0.2, -0.15) is 14.1 Å². The Hall–Kier alpha value is -3.81. The number of carbonyl (C=O) groups excluding carboxylic acids is 1. The van der Waals surface area contributed by atoms with Crippen LogP contribution in [-0.4, -0.2) is 65.7 Å². The fraction of sp³-hybridized carbons (Fsp3) is 0.429. The maximum atomic E-state index is 13.6. The molecule has 2 saturated heterocycles. The number of amides is 1. The maximum Gasteiger partial charge on any atom is 0.272 e. The first-order chi connectivity index (χ1) is 19.6. The molecule has 1 atom stereocenters. The van der Waals surface area contributed by atoms with Crippen molar-refractivity contribution in [3.05, 3.63) is 68.9 Å². The molecule has 2 aromatic carbocycles. The van der Waals surface area contributed by atoms with Gasteiger partial charge in [0.2, 0.25) is 15.9 Å². The lowest BCUT2D eigenvalue weighted by atomic mass is 10.1. The van der Waals surface area contributed by atoms with Crippen molar-refractivity contribution in [2.24, 2.45) is 0 Å². The topological polar surface area (TPSA) is 146 Å². The van der Waals surface area contributed by atoms with E-state index in [0.717, 1.165) is 30.0 Å². The summed E-state index contributed by atoms with van der Waals surface area (Å²) in [6, 6.07) is 9.24. The molecule has 0 bridgehead atoms. The lowest BCUT2D eigenvalue weighted by Gasteiger charge is -2.19. The van der Waals surface area contributed by atoms with Gasteiger partial charge >= 0.3 is 0 Å². The number of nitro benzene ring substituents is 1. The van der Waals surface area contributed by atoms with Crippen molar-refractivity contribution in [2.45, 2.75) is 57.5 Å². The normalized spacial score (nSPS) is 17.6. The van der Waals surface area contributed by atoms with Gasteiger partial charge in [-0.3, -0.25) is 14.9 Å². The molecule has 13 heteroatoms. The largest absolute Gasteiger partial charge is 0.437 e. The third-order valence-corrected chi connectivity index (χ3v) is 9.34. The summed E-state index contributed by atoms with van der Waals surface area (Å²) in [5.41, 5.74) is 2.57. The van der Waals surface area contributed by atoms with Gasteiger partial charge in [0.05, 0.1) is 16.7 Å². The quantitative estimate of drug-likeness (QED) is 0.291. The molecule has 3 heterocycles. The van der Waals surface area contributed by atoms with E-state index in [1.165, 1.54) is 21.1 Å². The molecular weight excluding hydrogens is 550 g/mol. The summed E-state index contributed by atoms with van der Waals surface area (Å²) < 4.78 is 41.9. The van der Waals surface area contributed by atoms with Crippen LogP contribution in [-0.2, 0) is 14.8 Å². The Kier molecular flexibility index (Phi) is 8.11. The van der Waals surface area contributed by atoms with Crippen molar-refractivity contribution < 1.29 is 27.6 Å². The average molecular weight is 584 g/mol. The molecule has 41 heavy (non-hydrogen) atoms. The van der Waals surface area contributed by atoms with Crippen LogP contribution >= 0.6 is 0 Å². The van der Waals surface area contributed by atoms with Crippen LogP contribution in [0.4, 0.5) is 5.69 Å². The minimum absolute atomic E-state index is 0.0606. The number of non-ortho nitro benzene ring substituents is 1. The van der Waals surface area contributed by atoms with Gasteiger partial charge in [-0.05, 0) is 69.7 Å². The highest BCUT2D eigenvalue weighted by Crippen LogP contribution is 2.38. The molecule has 2 fully saturated rings. The Morgan fingerprint density at radius 1 is 1.15 bits per heavy atom. The van der Waals surface area contributed by atoms with Crippen LogP contribution in [0.2, 0.25) is 0 Å². The van der Waals surface area contributed by atoms with E-state index in [4.69, 9.17) is 9.47 Å². The van der Waals surface area contributed by atoms with Crippen LogP contribution in [0.1, 0.15) is 52.9 Å². The van der Waals surface area contributed by atoms with Crippen molar-refractivity contribution in [3.63, 3.8) is 0 Å². The Morgan fingerprint density at radius 2 is 1.90 bits per heavy atom. The third-order valence-electron chi connectivity index (χ3n) is 7.42. The van der Waals surface area contributed by atoms with Gasteiger partial charge in [-0.25, -0.2) is 8.42 Å². The van der Waals surface area contributed by atoms with E-state index in [1.807, 2.05) is 32.0 Å². The van der Waals surface area contributed by atoms with Crippen molar-refractivity contribution in [1.29, 1.82) is 0 Å². The number of rotatable bonds is 9. The Balaban J connectivity index is 1.60. The van der Waals surface area contributed by atoms with Crippen LogP contribution in [0.15, 0.2) is 41.3 Å². The summed E-state index contributed by atoms with van der Waals surface area (Å²) in [4.78, 5) is 23.9. The third kappa shape index (κ3) is 5.83. The average Bonchev–Trinajstić information content (AvgIpc) is 3.72. The minimum Gasteiger partial charge on any atom is -0.437 e. The summed E-state index contributed by atoms with van der Waals surface area (Å²) in [5.74, 6) is -0.378. The molecule has 1 amide bonds. The number of benzene rings is 2. The highest BCUT2D eigenvalue weighted by Gasteiger charge is 2.33. The van der Waals surface area contributed by atoms with E-state index in [0.29, 0.717) is 50.3 Å². The first-order valence-corrected chi connectivity index (χ1v) is 15.0. The SMILES string of the molecule is Cc1ccc(C)c(-n2nc(C(=O)NCC3CCCO3)c(C)c2Oc2ccc([N+](=O)[O-])cc2S(=O)(=O)N2CCCC2)c1. The van der Waals surface area contributed by atoms with Gasteiger partial charge in [-0.15, -0.1) is 0 Å². The summed E-state index contributed by atoms with van der Waals surface area (Å²) in [6.45, 7) is 7.12. The standard InChI is InChI=1S/C28H33N5O7S/c1-18-8-9-19(2)23(15-18)32-28(20(3)26(30-32)27(34)29-17-22-7-6-14-39-22)40-24-11-10-21(33(35)36)16-25(24)41(37,38)31-12-4-5-13-31/h8-11,15-16,22H,4-7,12-14,17H2,1-3H3,(H,29,34). The number of ether oxygens (including phenoxy) is 2. The molecule has 5 rings (SSSR count). The van der Waals surface area contributed by atoms with Crippen LogP contribution in [0.3, 0.4) is 0 Å². The summed E-state index contributed by atoms with van der Waals surface area (Å²) >= 11 is 0. The number of hydrogen-bond donors (Lipinski definition) is 1. The minimum atomic E-state index is -4.10. The number of aryl methyl sites for hydroxylation is 2. The molecular formula is C28H33N5O7S. The van der Waals surface area contributed by atoms with E-state index in [-0.39, 0.29) is 34.0 Å². The predicted molar refractivity (Wildman–Crippen MR) is 150 cm³/mol. The molecule has 1 aromatic heterocycles. The smallest absolute Gasteiger partial charge is 0.272 e. The second kappa shape index (κ2) is 11.6. The van der Waals surface area contributed by atoms with Gasteiger partial charge in [-0.1, -0.05) is 12.1 Å². The second-order valence-corrected chi connectivity index (χ2v) is 12.3. The van der Waals surface area contributed by atoms with Crippen LogP contribution < -0.4 is 10.1 Å². The molecule has 1 N–H and O–H groups in total. The molecule has 0 aliphatic carbocycles. The zero-order valence-electron chi connectivity index (χ0n) is 23.3. The van der Waals surface area contributed by atoms with Gasteiger partial charge in [0.15, 0.2) is 5.69 Å². The number of nitro groups is 1. The van der Waals surface area contributed by atoms with Gasteiger partial charge in [0.25, 0.3) is 11.6 Å². The molecule has 0 spiro atoms. The number of hydrogen-bond acceptors (Lipinski definition) is 8. The lowest BCUT2D eigenvalue weighted by molar-refractivity contribution is -0.385. The van der Waals surface area contributed by atoms with Gasteiger partial charge < -0.3 is 14.8 Å². The van der Waals surface area contributed by atoms with Crippen LogP contribution in [0.25, 0.3) is 5.69 Å². The van der Waals surface area contributed by atoms with Crippen molar-refractivity contribution in [3.8, 4) is 17.3 Å². The summed E-state index contributed by atoms with van der Waals surface area (Å²) in [7, 11) is -4.10. The summed E-state index contributed by atoms with van der Waals surface area (Å²) in [6.07, 6.45) is 3.14. The zero-order chi connectivity index (χ0) is 29.3. The maximum absolute atomic E-state index is 13.6. The molecule has 218 valence electrons. The Labute approximate surface area is 238 Å². The molecule has 0 radical (unpaired) electrons. The van der Waals surface area contributed by atoms with E-state index in [2.05, 4.69) is 10.4 Å². The Bertz CT molecular complexity index is 1590. The molecule has 2 aliphatic heterocycles. The number of carbonyl (C=O) groups is 1. The number of nitrogens with one attached hydrogen (secondary N) is 1. The lowest BCUT2D eigenvalue weighted by Crippen LogP contribution is -2.32. The summed E-state index contributed by atoms with van der Waals surface area (Å²) in [5, 5.41) is 19.1. The Morgan fingerprint density at radius 3 is 2.59 bits per heavy atom. The van der Waals surface area contributed by atoms with E-state index < -0.39 is 20.9 Å². The van der Waals surface area contributed by atoms with Crippen LogP contribution in [0, 0.1) is 30.9 Å². The first kappa shape index (κ1) is 28.7. The number of aromatic nitrogens is 2. The molecule has 12 nitrogen and oxygen atoms in total. The van der Waals surface area contributed by atoms with Gasteiger partial charge in [0.1, 0.15) is 10.6 Å². The van der Waals surface area contributed by atoms with E-state index in [1.54, 1.807) is 6.92 Å². The van der Waals surface area contributed by atoms with Gasteiger partial charge in [0, 0.05) is 43.9 Å². The molecule has 0 saturated carbocycles. The fourth-order valence-corrected chi connectivity index (χ4v) is 6.74. The monoisotopic (exact) mass is 583 g/mol. The molecule has 3 aromatic rings. The molecule has 2 aliphatic rings. The number of sulfonamides is 1. The fourth-order valence-electron chi connectivity index (χ4n) is 5.09. The van der Waals surface area contributed by atoms with Crippen molar-refractivity contribution in [1.82, 2.24) is 19.4 Å². The van der Waals surface area contributed by atoms with Crippen LogP contribution in [0.5, 0.6) is 11.6 Å².